The normalized spacial score (nSPS) is 5.43. The fourth-order valence-electron chi connectivity index (χ4n) is 0. The number of thiocarbonyl (C=S) groups is 1. The molecule has 7 heavy (non-hydrogen) atoms. The van der Waals surface area contributed by atoms with E-state index in [9.17, 15) is 0 Å². The Morgan fingerprint density at radius 1 is 1.71 bits per heavy atom. The van der Waals surface area contributed by atoms with E-state index in [2.05, 4.69) is 39.5 Å². The molecule has 0 aliphatic heterocycles. The van der Waals surface area contributed by atoms with Crippen LogP contribution in [0.1, 0.15) is 0 Å². The fraction of sp³-hybridized carbons (Fsp3) is 0.667. The van der Waals surface area contributed by atoms with Crippen LogP contribution in [0.4, 0.5) is 0 Å². The molecule has 0 unspecified atom stereocenters. The SMILES string of the molecule is NC(=S)[S-].[CH3][Pb+][CH3]. The van der Waals surface area contributed by atoms with Crippen LogP contribution in [0.3, 0.4) is 0 Å². The first-order valence-electron chi connectivity index (χ1n) is 1.70. The predicted molar refractivity (Wildman–Crippen MR) is 41.6 cm³/mol. The zero-order chi connectivity index (χ0) is 6.28. The second-order valence-corrected chi connectivity index (χ2v) is 5.84. The Balaban J connectivity index is 0. The van der Waals surface area contributed by atoms with Gasteiger partial charge in [-0.25, -0.2) is 0 Å². The Kier molecular flexibility index (Phi) is 15.8. The van der Waals surface area contributed by atoms with Gasteiger partial charge in [0.05, 0.1) is 0 Å². The van der Waals surface area contributed by atoms with E-state index >= 15 is 0 Å². The zero-order valence-electron chi connectivity index (χ0n) is 4.39. The van der Waals surface area contributed by atoms with Gasteiger partial charge in [-0.2, -0.15) is 0 Å². The van der Waals surface area contributed by atoms with Gasteiger partial charge >= 0.3 is 33.2 Å². The molecular formula is C3H8NPbS2. The maximum atomic E-state index is 4.66. The molecule has 41 valence electrons. The molecule has 4 heteroatoms. The van der Waals surface area contributed by atoms with Gasteiger partial charge < -0.3 is 30.6 Å². The summed E-state index contributed by atoms with van der Waals surface area (Å²) in [7, 11) is 0. The average Bonchev–Trinajstić information content (AvgIpc) is 1.33. The molecule has 0 heterocycles. The van der Waals surface area contributed by atoms with Crippen molar-refractivity contribution >= 4 is 53.4 Å². The first-order valence-corrected chi connectivity index (χ1v) is 10.3. The Morgan fingerprint density at radius 2 is 1.71 bits per heavy atom. The molecule has 0 atom stereocenters. The van der Waals surface area contributed by atoms with E-state index in [-0.39, 0.29) is 28.6 Å². The number of hydrogen-bond donors (Lipinski definition) is 1. The number of hydrogen-bond acceptors (Lipinski definition) is 2. The van der Waals surface area contributed by atoms with Crippen LogP contribution in [0.5, 0.6) is 0 Å². The molecule has 0 aromatic heterocycles. The van der Waals surface area contributed by atoms with Crippen LogP contribution in [-0.2, 0) is 12.6 Å². The summed E-state index contributed by atoms with van der Waals surface area (Å²) in [4.78, 5) is 0. The second-order valence-electron chi connectivity index (χ2n) is 0.819. The summed E-state index contributed by atoms with van der Waals surface area (Å²) in [5, 5.41) is 0. The van der Waals surface area contributed by atoms with Gasteiger partial charge in [0.1, 0.15) is 0 Å². The van der Waals surface area contributed by atoms with Gasteiger partial charge in [-0.05, 0) is 0 Å². The zero-order valence-corrected chi connectivity index (χ0v) is 9.91. The first kappa shape index (κ1) is 10.9. The molecule has 0 aromatic rings. The van der Waals surface area contributed by atoms with Crippen LogP contribution in [0.2, 0.25) is 8.97 Å². The van der Waals surface area contributed by atoms with Gasteiger partial charge in [-0.15, -0.1) is 0 Å². The van der Waals surface area contributed by atoms with Crippen molar-refractivity contribution < 1.29 is 0 Å². The summed E-state index contributed by atoms with van der Waals surface area (Å²) in [5.74, 6) is 0. The molecule has 1 radical (unpaired) electrons. The molecule has 2 N–H and O–H groups in total. The third-order valence-electron chi connectivity index (χ3n) is 0. The third-order valence-corrected chi connectivity index (χ3v) is 0. The van der Waals surface area contributed by atoms with Crippen LogP contribution in [0.25, 0.3) is 0 Å². The standard InChI is InChI=1S/CH3NS2.2CH3.Pb/c2-1(3)4;;;/h(H3,2,3,4);2*1H3;/q;;;+1/p-1. The van der Waals surface area contributed by atoms with Gasteiger partial charge in [0, 0.05) is 0 Å². The molecule has 0 aliphatic rings. The topological polar surface area (TPSA) is 26.0 Å². The van der Waals surface area contributed by atoms with Crippen molar-refractivity contribution in [2.45, 2.75) is 8.97 Å². The molecule has 0 fully saturated rings. The van der Waals surface area contributed by atoms with E-state index in [1.165, 1.54) is 0 Å². The van der Waals surface area contributed by atoms with E-state index in [0.717, 1.165) is 0 Å². The maximum absolute atomic E-state index is 4.66. The van der Waals surface area contributed by atoms with Crippen molar-refractivity contribution in [3.05, 3.63) is 0 Å². The van der Waals surface area contributed by atoms with Gasteiger partial charge in [-0.3, -0.25) is 0 Å². The van der Waals surface area contributed by atoms with Crippen molar-refractivity contribution in [1.82, 2.24) is 0 Å². The van der Waals surface area contributed by atoms with Gasteiger partial charge in [-0.1, -0.05) is 4.32 Å². The Bertz CT molecular complexity index is 44.2. The summed E-state index contributed by atoms with van der Waals surface area (Å²) in [5.41, 5.74) is 4.66. The van der Waals surface area contributed by atoms with E-state index in [4.69, 9.17) is 0 Å². The minimum absolute atomic E-state index is 0.0833. The summed E-state index contributed by atoms with van der Waals surface area (Å²) in [6.07, 6.45) is 0. The van der Waals surface area contributed by atoms with E-state index in [1.807, 2.05) is 0 Å². The Morgan fingerprint density at radius 3 is 1.71 bits per heavy atom. The van der Waals surface area contributed by atoms with E-state index < -0.39 is 0 Å². The summed E-state index contributed by atoms with van der Waals surface area (Å²) < 4.78 is 4.72. The summed E-state index contributed by atoms with van der Waals surface area (Å²) in [6, 6.07) is 0. The number of rotatable bonds is 0. The monoisotopic (exact) mass is 330 g/mol. The minimum atomic E-state index is 0.0833. The van der Waals surface area contributed by atoms with Gasteiger partial charge in [0.2, 0.25) is 0 Å². The predicted octanol–water partition coefficient (Wildman–Crippen LogP) is 0.564. The molecule has 0 spiro atoms. The summed E-state index contributed by atoms with van der Waals surface area (Å²) in [6.45, 7) is 0. The van der Waals surface area contributed by atoms with Crippen molar-refractivity contribution in [3.63, 3.8) is 0 Å². The molecule has 0 bridgehead atoms. The quantitative estimate of drug-likeness (QED) is 0.400. The molecule has 0 saturated heterocycles. The van der Waals surface area contributed by atoms with Crippen LogP contribution >= 0.6 is 12.2 Å². The van der Waals surface area contributed by atoms with E-state index in [0.29, 0.717) is 0 Å². The van der Waals surface area contributed by atoms with Crippen LogP contribution in [-0.4, -0.2) is 28.6 Å². The molecule has 1 nitrogen and oxygen atoms in total. The van der Waals surface area contributed by atoms with Gasteiger partial charge in [0.15, 0.2) is 0 Å². The van der Waals surface area contributed by atoms with Crippen LogP contribution in [0.15, 0.2) is 0 Å². The van der Waals surface area contributed by atoms with Crippen LogP contribution < -0.4 is 5.73 Å². The second kappa shape index (κ2) is 10.1. The Hall–Kier alpha value is 1.03. The van der Waals surface area contributed by atoms with Crippen LogP contribution in [0, 0.1) is 0 Å². The van der Waals surface area contributed by atoms with Crippen molar-refractivity contribution in [2.24, 2.45) is 5.73 Å². The van der Waals surface area contributed by atoms with Crippen molar-refractivity contribution in [2.75, 3.05) is 0 Å². The third kappa shape index (κ3) is 167. The molecule has 0 aliphatic carbocycles. The first-order chi connectivity index (χ1) is 3.15. The van der Waals surface area contributed by atoms with Crippen molar-refractivity contribution in [3.8, 4) is 0 Å². The average molecular weight is 329 g/mol. The summed E-state index contributed by atoms with van der Waals surface area (Å²) >= 11 is 8.34. The molecule has 0 aromatic carbocycles. The molecule has 0 rings (SSSR count). The molecule has 0 amide bonds. The molecular weight excluding hydrogens is 321 g/mol. The Labute approximate surface area is 67.7 Å². The van der Waals surface area contributed by atoms with Crippen molar-refractivity contribution in [1.29, 1.82) is 0 Å². The van der Waals surface area contributed by atoms with E-state index in [1.54, 1.807) is 0 Å². The number of nitrogens with two attached hydrogens (primary N) is 1. The molecule has 0 saturated carbocycles. The fourth-order valence-corrected chi connectivity index (χ4v) is 0. The van der Waals surface area contributed by atoms with Gasteiger partial charge in [0.25, 0.3) is 0 Å².